The van der Waals surface area contributed by atoms with Gasteiger partial charge in [0.1, 0.15) is 11.4 Å². The fourth-order valence-corrected chi connectivity index (χ4v) is 3.94. The summed E-state index contributed by atoms with van der Waals surface area (Å²) in [5.41, 5.74) is 3.94. The van der Waals surface area contributed by atoms with Gasteiger partial charge in [0.15, 0.2) is 0 Å². The quantitative estimate of drug-likeness (QED) is 0.558. The summed E-state index contributed by atoms with van der Waals surface area (Å²) >= 11 is 1.48. The number of carbonyl (C=O) groups is 1. The molecule has 2 N–H and O–H groups in total. The Morgan fingerprint density at radius 1 is 1.33 bits per heavy atom. The van der Waals surface area contributed by atoms with Crippen molar-refractivity contribution in [2.75, 3.05) is 6.61 Å². The van der Waals surface area contributed by atoms with E-state index in [0.29, 0.717) is 35.1 Å². The molecule has 0 atom stereocenters. The zero-order valence-electron chi connectivity index (χ0n) is 16.7. The second-order valence-corrected chi connectivity index (χ2v) is 8.31. The van der Waals surface area contributed by atoms with Crippen molar-refractivity contribution in [3.05, 3.63) is 69.3 Å². The first-order chi connectivity index (χ1) is 14.5. The van der Waals surface area contributed by atoms with Crippen molar-refractivity contribution in [3.63, 3.8) is 0 Å². The molecule has 0 aliphatic heterocycles. The van der Waals surface area contributed by atoms with E-state index >= 15 is 0 Å². The molecule has 1 saturated carbocycles. The Bertz CT molecular complexity index is 1060. The predicted molar refractivity (Wildman–Crippen MR) is 114 cm³/mol. The monoisotopic (exact) mass is 426 g/mol. The average Bonchev–Trinajstić information content (AvgIpc) is 3.47. The van der Waals surface area contributed by atoms with Crippen LogP contribution in [0.25, 0.3) is 11.1 Å². The van der Waals surface area contributed by atoms with Gasteiger partial charge in [-0.3, -0.25) is 4.79 Å². The number of benzene rings is 1. The number of aliphatic hydroxyl groups is 1. The number of carbonyl (C=O) groups excluding carboxylic acids is 1. The van der Waals surface area contributed by atoms with Gasteiger partial charge >= 0.3 is 0 Å². The van der Waals surface area contributed by atoms with Gasteiger partial charge in [-0.1, -0.05) is 12.1 Å². The van der Waals surface area contributed by atoms with Crippen LogP contribution in [0.2, 0.25) is 0 Å². The van der Waals surface area contributed by atoms with Gasteiger partial charge in [0.05, 0.1) is 13.2 Å². The largest absolute Gasteiger partial charge is 0.477 e. The van der Waals surface area contributed by atoms with Crippen LogP contribution < -0.4 is 10.1 Å². The third kappa shape index (κ3) is 4.68. The van der Waals surface area contributed by atoms with Crippen LogP contribution in [0, 0.1) is 18.7 Å². The van der Waals surface area contributed by atoms with Gasteiger partial charge < -0.3 is 15.2 Å². The topological polar surface area (TPSA) is 71.5 Å². The SMILES string of the molecule is Cc1ccc(CNC(=O)c2cc(-c3cscc3CO)cnc2OCC2CC2)cc1F. The molecule has 2 aromatic heterocycles. The minimum atomic E-state index is -0.336. The molecule has 1 amide bonds. The molecule has 4 rings (SSSR count). The van der Waals surface area contributed by atoms with E-state index in [-0.39, 0.29) is 24.9 Å². The number of halogens is 1. The Morgan fingerprint density at radius 2 is 2.17 bits per heavy atom. The van der Waals surface area contributed by atoms with Gasteiger partial charge in [-0.05, 0) is 70.8 Å². The molecule has 1 aliphatic carbocycles. The molecule has 30 heavy (non-hydrogen) atoms. The molecule has 5 nitrogen and oxygen atoms in total. The van der Waals surface area contributed by atoms with Crippen molar-refractivity contribution in [1.29, 1.82) is 0 Å². The van der Waals surface area contributed by atoms with Gasteiger partial charge in [-0.25, -0.2) is 9.37 Å². The number of nitrogens with zero attached hydrogens (tertiary/aromatic N) is 1. The molecule has 156 valence electrons. The van der Waals surface area contributed by atoms with Crippen molar-refractivity contribution in [3.8, 4) is 17.0 Å². The lowest BCUT2D eigenvalue weighted by Gasteiger charge is -2.13. The van der Waals surface area contributed by atoms with Gasteiger partial charge in [0, 0.05) is 18.3 Å². The summed E-state index contributed by atoms with van der Waals surface area (Å²) in [6.07, 6.45) is 3.93. The average molecular weight is 427 g/mol. The summed E-state index contributed by atoms with van der Waals surface area (Å²) in [5.74, 6) is 0.180. The molecule has 3 aromatic rings. The van der Waals surface area contributed by atoms with E-state index in [1.54, 1.807) is 31.3 Å². The van der Waals surface area contributed by atoms with E-state index in [9.17, 15) is 14.3 Å². The van der Waals surface area contributed by atoms with E-state index < -0.39 is 0 Å². The fourth-order valence-electron chi connectivity index (χ4n) is 3.08. The minimum Gasteiger partial charge on any atom is -0.477 e. The number of amides is 1. The highest BCUT2D eigenvalue weighted by Crippen LogP contribution is 2.32. The van der Waals surface area contributed by atoms with Gasteiger partial charge in [0.25, 0.3) is 5.91 Å². The Hall–Kier alpha value is -2.77. The van der Waals surface area contributed by atoms with Crippen molar-refractivity contribution >= 4 is 17.2 Å². The molecule has 0 spiro atoms. The van der Waals surface area contributed by atoms with Crippen LogP contribution in [-0.2, 0) is 13.2 Å². The highest BCUT2D eigenvalue weighted by Gasteiger charge is 2.24. The number of aliphatic hydroxyl groups excluding tert-OH is 1. The summed E-state index contributed by atoms with van der Waals surface area (Å²) < 4.78 is 19.6. The first-order valence-electron chi connectivity index (χ1n) is 9.87. The Kier molecular flexibility index (Phi) is 6.11. The lowest BCUT2D eigenvalue weighted by Crippen LogP contribution is -2.24. The number of rotatable bonds is 8. The van der Waals surface area contributed by atoms with Crippen LogP contribution in [0.1, 0.15) is 39.9 Å². The molecule has 1 aromatic carbocycles. The number of pyridine rings is 1. The summed E-state index contributed by atoms with van der Waals surface area (Å²) in [5, 5.41) is 16.2. The third-order valence-corrected chi connectivity index (χ3v) is 5.95. The second kappa shape index (κ2) is 8.93. The van der Waals surface area contributed by atoms with Crippen molar-refractivity contribution in [1.82, 2.24) is 10.3 Å². The van der Waals surface area contributed by atoms with Crippen LogP contribution in [0.15, 0.2) is 41.2 Å². The van der Waals surface area contributed by atoms with Crippen LogP contribution in [0.4, 0.5) is 4.39 Å². The maximum Gasteiger partial charge on any atom is 0.257 e. The van der Waals surface area contributed by atoms with E-state index in [0.717, 1.165) is 29.5 Å². The highest BCUT2D eigenvalue weighted by molar-refractivity contribution is 7.08. The molecular formula is C23H23FN2O3S. The first kappa shape index (κ1) is 20.5. The Balaban J connectivity index is 1.57. The number of hydrogen-bond donors (Lipinski definition) is 2. The zero-order valence-corrected chi connectivity index (χ0v) is 17.5. The maximum atomic E-state index is 13.8. The Morgan fingerprint density at radius 3 is 2.90 bits per heavy atom. The van der Waals surface area contributed by atoms with Crippen LogP contribution in [0.3, 0.4) is 0 Å². The van der Waals surface area contributed by atoms with Crippen LogP contribution in [-0.4, -0.2) is 22.6 Å². The summed E-state index contributed by atoms with van der Waals surface area (Å²) in [7, 11) is 0. The number of thiophene rings is 1. The molecule has 0 bridgehead atoms. The van der Waals surface area contributed by atoms with E-state index in [2.05, 4.69) is 10.3 Å². The lowest BCUT2D eigenvalue weighted by molar-refractivity contribution is 0.0945. The van der Waals surface area contributed by atoms with Gasteiger partial charge in [-0.2, -0.15) is 11.3 Å². The Labute approximate surface area is 178 Å². The number of aryl methyl sites for hydroxylation is 1. The molecule has 1 aliphatic rings. The third-order valence-electron chi connectivity index (χ3n) is 5.16. The molecule has 2 heterocycles. The lowest BCUT2D eigenvalue weighted by atomic mass is 10.0. The summed E-state index contributed by atoms with van der Waals surface area (Å²) in [6, 6.07) is 6.64. The second-order valence-electron chi connectivity index (χ2n) is 7.57. The number of hydrogen-bond acceptors (Lipinski definition) is 5. The van der Waals surface area contributed by atoms with E-state index in [1.165, 1.54) is 17.4 Å². The van der Waals surface area contributed by atoms with E-state index in [4.69, 9.17) is 4.74 Å². The zero-order chi connectivity index (χ0) is 21.1. The number of ether oxygens (including phenoxy) is 1. The van der Waals surface area contributed by atoms with E-state index in [1.807, 2.05) is 10.8 Å². The van der Waals surface area contributed by atoms with Crippen LogP contribution >= 0.6 is 11.3 Å². The molecule has 1 fully saturated rings. The number of aromatic nitrogens is 1. The van der Waals surface area contributed by atoms with Gasteiger partial charge in [-0.15, -0.1) is 0 Å². The summed E-state index contributed by atoms with van der Waals surface area (Å²) in [6.45, 7) is 2.35. The van der Waals surface area contributed by atoms with Crippen molar-refractivity contribution in [2.45, 2.75) is 32.9 Å². The maximum absolute atomic E-state index is 13.8. The summed E-state index contributed by atoms with van der Waals surface area (Å²) in [4.78, 5) is 17.3. The number of nitrogens with one attached hydrogen (secondary N) is 1. The minimum absolute atomic E-state index is 0.0840. The molecule has 7 heteroatoms. The molecule has 0 saturated heterocycles. The standard InChI is InChI=1S/C23H23FN2O3S/c1-14-2-3-16(6-21(14)24)8-25-22(28)19-7-17(20-13-30-12-18(20)10-27)9-26-23(19)29-11-15-4-5-15/h2-3,6-7,9,12-13,15,27H,4-5,8,10-11H2,1H3,(H,25,28). The molecule has 0 unspecified atom stereocenters. The highest BCUT2D eigenvalue weighted by atomic mass is 32.1. The molecular weight excluding hydrogens is 403 g/mol. The van der Waals surface area contributed by atoms with Crippen molar-refractivity contribution in [2.24, 2.45) is 5.92 Å². The molecule has 0 radical (unpaired) electrons. The van der Waals surface area contributed by atoms with Crippen molar-refractivity contribution < 1.29 is 19.0 Å². The smallest absolute Gasteiger partial charge is 0.257 e. The normalized spacial score (nSPS) is 13.3. The van der Waals surface area contributed by atoms with Gasteiger partial charge in [0.2, 0.25) is 5.88 Å². The first-order valence-corrected chi connectivity index (χ1v) is 10.8. The predicted octanol–water partition coefficient (Wildman–Crippen LogP) is 4.47. The van der Waals surface area contributed by atoms with Crippen LogP contribution in [0.5, 0.6) is 5.88 Å². The fraction of sp³-hybridized carbons (Fsp3) is 0.304.